The van der Waals surface area contributed by atoms with Gasteiger partial charge < -0.3 is 0 Å². The lowest BCUT2D eigenvalue weighted by molar-refractivity contribution is -0.112. The van der Waals surface area contributed by atoms with Crippen molar-refractivity contribution in [3.05, 3.63) is 126 Å². The van der Waals surface area contributed by atoms with Crippen LogP contribution in [-0.2, 0) is 4.79 Å². The van der Waals surface area contributed by atoms with Gasteiger partial charge in [-0.2, -0.15) is 25.4 Å². The van der Waals surface area contributed by atoms with Gasteiger partial charge in [-0.1, -0.05) is 78.9 Å². The molecule has 0 unspecified atom stereocenters. The molecule has 188 valence electrons. The fraction of sp³-hybridized carbons (Fsp3) is 0. The highest BCUT2D eigenvalue weighted by molar-refractivity contribution is 7.14. The van der Waals surface area contributed by atoms with Crippen molar-refractivity contribution >= 4 is 50.9 Å². The average Bonchev–Trinajstić information content (AvgIpc) is 3.62. The van der Waals surface area contributed by atoms with E-state index < -0.39 is 0 Å². The summed E-state index contributed by atoms with van der Waals surface area (Å²) >= 11 is 1.36. The van der Waals surface area contributed by atoms with E-state index >= 15 is 0 Å². The molecule has 2 heterocycles. The lowest BCUT2D eigenvalue weighted by Crippen LogP contribution is -2.28. The molecular formula is C30H21N7OS. The van der Waals surface area contributed by atoms with E-state index in [1.807, 2.05) is 121 Å². The maximum Gasteiger partial charge on any atom is 0.303 e. The first kappa shape index (κ1) is 24.1. The maximum absolute atomic E-state index is 13.5. The van der Waals surface area contributed by atoms with Gasteiger partial charge in [0, 0.05) is 16.5 Å². The molecule has 1 aliphatic rings. The standard InChI is InChI=1S/C30H21N7OS/c38-29-28(35-34-25-18-16-24(17-19-25)33-32-23-14-8-3-9-15-23)27(22-12-6-2-7-13-22)36-37(29)30-31-26(20-39-30)21-10-4-1-5-11-21/h1-20,34H/b33-32?,35-28+. The van der Waals surface area contributed by atoms with E-state index in [1.54, 1.807) is 0 Å². The third kappa shape index (κ3) is 5.39. The highest BCUT2D eigenvalue weighted by Crippen LogP contribution is 2.30. The highest BCUT2D eigenvalue weighted by atomic mass is 32.1. The van der Waals surface area contributed by atoms with Crippen LogP contribution in [0.25, 0.3) is 11.3 Å². The molecule has 0 fully saturated rings. The third-order valence-corrected chi connectivity index (χ3v) is 6.63. The van der Waals surface area contributed by atoms with Crippen LogP contribution in [0.5, 0.6) is 0 Å². The van der Waals surface area contributed by atoms with Crippen LogP contribution < -0.4 is 10.4 Å². The van der Waals surface area contributed by atoms with Crippen molar-refractivity contribution in [3.63, 3.8) is 0 Å². The van der Waals surface area contributed by atoms with Gasteiger partial charge in [-0.3, -0.25) is 10.2 Å². The number of benzene rings is 4. The predicted molar refractivity (Wildman–Crippen MR) is 156 cm³/mol. The van der Waals surface area contributed by atoms with E-state index in [2.05, 4.69) is 30.8 Å². The summed E-state index contributed by atoms with van der Waals surface area (Å²) in [5, 5.41) is 21.3. The summed E-state index contributed by atoms with van der Waals surface area (Å²) in [6.07, 6.45) is 0. The van der Waals surface area contributed by atoms with Crippen LogP contribution in [-0.4, -0.2) is 22.3 Å². The number of thiazole rings is 1. The molecule has 4 aromatic carbocycles. The lowest BCUT2D eigenvalue weighted by Gasteiger charge is -2.06. The molecule has 0 radical (unpaired) electrons. The van der Waals surface area contributed by atoms with Gasteiger partial charge in [0.15, 0.2) is 5.71 Å². The van der Waals surface area contributed by atoms with E-state index in [-0.39, 0.29) is 11.6 Å². The first-order chi connectivity index (χ1) is 19.2. The zero-order chi connectivity index (χ0) is 26.4. The first-order valence-electron chi connectivity index (χ1n) is 12.1. The van der Waals surface area contributed by atoms with Crippen molar-refractivity contribution in [1.29, 1.82) is 0 Å². The Balaban J connectivity index is 1.25. The molecule has 0 atom stereocenters. The summed E-state index contributed by atoms with van der Waals surface area (Å²) in [5.41, 5.74) is 8.37. The summed E-state index contributed by atoms with van der Waals surface area (Å²) in [5.74, 6) is -0.358. The molecule has 0 aliphatic carbocycles. The van der Waals surface area contributed by atoms with Crippen LogP contribution >= 0.6 is 11.3 Å². The minimum Gasteiger partial charge on any atom is -0.278 e. The Morgan fingerprint density at radius 3 is 1.95 bits per heavy atom. The summed E-state index contributed by atoms with van der Waals surface area (Å²) in [4.78, 5) is 18.2. The minimum absolute atomic E-state index is 0.200. The van der Waals surface area contributed by atoms with Crippen LogP contribution in [0, 0.1) is 0 Å². The maximum atomic E-state index is 13.5. The monoisotopic (exact) mass is 527 g/mol. The molecule has 6 rings (SSSR count). The predicted octanol–water partition coefficient (Wildman–Crippen LogP) is 7.44. The van der Waals surface area contributed by atoms with Gasteiger partial charge in [-0.25, -0.2) is 4.98 Å². The lowest BCUT2D eigenvalue weighted by atomic mass is 10.1. The number of carbonyl (C=O) groups excluding carboxylic acids is 1. The number of hydrazone groups is 2. The summed E-state index contributed by atoms with van der Waals surface area (Å²) in [6, 6.07) is 36.2. The third-order valence-electron chi connectivity index (χ3n) is 5.81. The zero-order valence-electron chi connectivity index (χ0n) is 20.5. The second kappa shape index (κ2) is 11.0. The molecule has 5 aromatic rings. The second-order valence-corrected chi connectivity index (χ2v) is 9.30. The molecular weight excluding hydrogens is 506 g/mol. The zero-order valence-corrected chi connectivity index (χ0v) is 21.4. The van der Waals surface area contributed by atoms with Crippen LogP contribution in [0.4, 0.5) is 22.2 Å². The number of rotatable bonds is 7. The number of hydrogen-bond donors (Lipinski definition) is 1. The van der Waals surface area contributed by atoms with Gasteiger partial charge in [0.05, 0.1) is 22.8 Å². The molecule has 0 saturated carbocycles. The van der Waals surface area contributed by atoms with E-state index in [9.17, 15) is 4.79 Å². The number of amides is 1. The number of aromatic nitrogens is 1. The van der Waals surface area contributed by atoms with Crippen LogP contribution in [0.15, 0.2) is 141 Å². The fourth-order valence-corrected chi connectivity index (χ4v) is 4.63. The minimum atomic E-state index is -0.358. The molecule has 9 heteroatoms. The fourth-order valence-electron chi connectivity index (χ4n) is 3.85. The Morgan fingerprint density at radius 2 is 1.28 bits per heavy atom. The average molecular weight is 528 g/mol. The Kier molecular flexibility index (Phi) is 6.79. The number of anilines is 2. The van der Waals surface area contributed by atoms with Crippen molar-refractivity contribution in [2.75, 3.05) is 10.4 Å². The van der Waals surface area contributed by atoms with Crippen molar-refractivity contribution in [1.82, 2.24) is 4.98 Å². The second-order valence-electron chi connectivity index (χ2n) is 8.47. The van der Waals surface area contributed by atoms with Gasteiger partial charge in [-0.15, -0.1) is 11.3 Å². The normalized spacial score (nSPS) is 14.3. The van der Waals surface area contributed by atoms with E-state index in [0.29, 0.717) is 22.2 Å². The quantitative estimate of drug-likeness (QED) is 0.176. The van der Waals surface area contributed by atoms with E-state index in [1.165, 1.54) is 16.3 Å². The largest absolute Gasteiger partial charge is 0.303 e. The number of nitrogens with zero attached hydrogens (tertiary/aromatic N) is 6. The molecule has 39 heavy (non-hydrogen) atoms. The number of azo groups is 1. The Labute approximate surface area is 228 Å². The van der Waals surface area contributed by atoms with Gasteiger partial charge in [0.1, 0.15) is 5.71 Å². The van der Waals surface area contributed by atoms with Gasteiger partial charge >= 0.3 is 5.91 Å². The summed E-state index contributed by atoms with van der Waals surface area (Å²) in [6.45, 7) is 0. The van der Waals surface area contributed by atoms with Crippen LogP contribution in [0.3, 0.4) is 0 Å². The van der Waals surface area contributed by atoms with Gasteiger partial charge in [-0.05, 0) is 36.4 Å². The van der Waals surface area contributed by atoms with Gasteiger partial charge in [0.2, 0.25) is 5.13 Å². The number of carbonyl (C=O) groups is 1. The topological polar surface area (TPSA) is 94.7 Å². The van der Waals surface area contributed by atoms with Crippen LogP contribution in [0.1, 0.15) is 5.56 Å². The van der Waals surface area contributed by atoms with E-state index in [0.717, 1.165) is 22.5 Å². The van der Waals surface area contributed by atoms with Gasteiger partial charge in [0.25, 0.3) is 0 Å². The van der Waals surface area contributed by atoms with Crippen LogP contribution in [0.2, 0.25) is 0 Å². The summed E-state index contributed by atoms with van der Waals surface area (Å²) in [7, 11) is 0. The smallest absolute Gasteiger partial charge is 0.278 e. The molecule has 1 aromatic heterocycles. The Morgan fingerprint density at radius 1 is 0.692 bits per heavy atom. The Hall–Kier alpha value is -5.28. The first-order valence-corrected chi connectivity index (χ1v) is 13.0. The van der Waals surface area contributed by atoms with Crippen molar-refractivity contribution in [2.24, 2.45) is 20.4 Å². The number of hydrogen-bond acceptors (Lipinski definition) is 8. The Bertz CT molecular complexity index is 1680. The van der Waals surface area contributed by atoms with Crippen molar-refractivity contribution in [3.8, 4) is 11.3 Å². The molecule has 0 bridgehead atoms. The molecule has 8 nitrogen and oxygen atoms in total. The van der Waals surface area contributed by atoms with Crippen molar-refractivity contribution < 1.29 is 4.79 Å². The highest BCUT2D eigenvalue weighted by Gasteiger charge is 2.35. The molecule has 1 aliphatic heterocycles. The molecule has 0 spiro atoms. The molecule has 1 amide bonds. The summed E-state index contributed by atoms with van der Waals surface area (Å²) < 4.78 is 0. The van der Waals surface area contributed by atoms with E-state index in [4.69, 9.17) is 0 Å². The number of nitrogens with one attached hydrogen (secondary N) is 1. The SMILES string of the molecule is O=C1/C(=N/Nc2ccc(N=Nc3ccccc3)cc2)C(c2ccccc2)=NN1c1nc(-c2ccccc2)cs1. The molecule has 1 N–H and O–H groups in total. The van der Waals surface area contributed by atoms with Crippen molar-refractivity contribution in [2.45, 2.75) is 0 Å². The molecule has 0 saturated heterocycles.